The Bertz CT molecular complexity index is 128. The Morgan fingerprint density at radius 2 is 1.75 bits per heavy atom. The Hall–Kier alpha value is 0.177. The van der Waals surface area contributed by atoms with Crippen molar-refractivity contribution in [1.82, 2.24) is 0 Å². The van der Waals surface area contributed by atoms with E-state index in [0.29, 0.717) is 0 Å². The summed E-state index contributed by atoms with van der Waals surface area (Å²) in [7, 11) is 0.619. The summed E-state index contributed by atoms with van der Waals surface area (Å²) in [5, 5.41) is 0. The molecule has 0 unspecified atom stereocenters. The standard InChI is InChI=1S/C10H22OSi/c1-11-12(2,3)9-10-7-5-4-6-8-10/h10H,4-9H2,1-3H3. The molecule has 1 saturated carbocycles. The molecule has 0 aromatic rings. The van der Waals surface area contributed by atoms with Gasteiger partial charge in [-0.15, -0.1) is 0 Å². The SMILES string of the molecule is CO[Si](C)(C)CC1CCCCC1. The molecule has 0 spiro atoms. The van der Waals surface area contributed by atoms with Gasteiger partial charge in [0.25, 0.3) is 0 Å². The van der Waals surface area contributed by atoms with Crippen LogP contribution in [-0.2, 0) is 4.43 Å². The van der Waals surface area contributed by atoms with Crippen LogP contribution in [0.4, 0.5) is 0 Å². The predicted molar refractivity (Wildman–Crippen MR) is 55.9 cm³/mol. The van der Waals surface area contributed by atoms with Crippen LogP contribution in [0.1, 0.15) is 32.1 Å². The van der Waals surface area contributed by atoms with Crippen LogP contribution in [0.5, 0.6) is 0 Å². The molecular formula is C10H22OSi. The molecule has 12 heavy (non-hydrogen) atoms. The summed E-state index contributed by atoms with van der Waals surface area (Å²) in [6, 6.07) is 1.38. The van der Waals surface area contributed by atoms with Crippen molar-refractivity contribution in [2.45, 2.75) is 51.2 Å². The number of rotatable bonds is 3. The van der Waals surface area contributed by atoms with E-state index in [1.165, 1.54) is 38.1 Å². The third-order valence-corrected chi connectivity index (χ3v) is 5.72. The summed E-state index contributed by atoms with van der Waals surface area (Å²) in [5.74, 6) is 0.986. The smallest absolute Gasteiger partial charge is 0.186 e. The van der Waals surface area contributed by atoms with Crippen molar-refractivity contribution in [1.29, 1.82) is 0 Å². The van der Waals surface area contributed by atoms with Crippen LogP contribution in [0.2, 0.25) is 19.1 Å². The Labute approximate surface area is 77.6 Å². The van der Waals surface area contributed by atoms with Crippen molar-refractivity contribution >= 4 is 8.32 Å². The molecule has 0 aromatic heterocycles. The molecule has 0 aliphatic heterocycles. The third-order valence-electron chi connectivity index (χ3n) is 3.06. The predicted octanol–water partition coefficient (Wildman–Crippen LogP) is 3.42. The van der Waals surface area contributed by atoms with E-state index in [9.17, 15) is 0 Å². The highest BCUT2D eigenvalue weighted by Crippen LogP contribution is 2.30. The zero-order chi connectivity index (χ0) is 9.03. The first-order valence-electron chi connectivity index (χ1n) is 5.19. The minimum Gasteiger partial charge on any atom is -0.420 e. The highest BCUT2D eigenvalue weighted by atomic mass is 28.4. The maximum atomic E-state index is 5.58. The van der Waals surface area contributed by atoms with Crippen LogP contribution in [0, 0.1) is 5.92 Å². The van der Waals surface area contributed by atoms with Crippen LogP contribution in [0.15, 0.2) is 0 Å². The lowest BCUT2D eigenvalue weighted by molar-refractivity contribution is 0.347. The van der Waals surface area contributed by atoms with Crippen LogP contribution in [-0.4, -0.2) is 15.4 Å². The van der Waals surface area contributed by atoms with Gasteiger partial charge >= 0.3 is 0 Å². The fourth-order valence-corrected chi connectivity index (χ4v) is 4.14. The van der Waals surface area contributed by atoms with Gasteiger partial charge in [-0.1, -0.05) is 32.1 Å². The third kappa shape index (κ3) is 3.28. The van der Waals surface area contributed by atoms with Gasteiger partial charge in [0.05, 0.1) is 0 Å². The van der Waals surface area contributed by atoms with Gasteiger partial charge in [-0.05, 0) is 25.1 Å². The fraction of sp³-hybridized carbons (Fsp3) is 1.00. The molecule has 1 fully saturated rings. The molecule has 0 atom stereocenters. The molecular weight excluding hydrogens is 164 g/mol. The molecule has 0 amide bonds. The molecule has 0 radical (unpaired) electrons. The lowest BCUT2D eigenvalue weighted by Crippen LogP contribution is -2.31. The van der Waals surface area contributed by atoms with Gasteiger partial charge in [0.2, 0.25) is 0 Å². The second-order valence-electron chi connectivity index (χ2n) is 4.67. The van der Waals surface area contributed by atoms with Crippen LogP contribution >= 0.6 is 0 Å². The molecule has 1 aliphatic carbocycles. The van der Waals surface area contributed by atoms with Gasteiger partial charge in [0.15, 0.2) is 8.32 Å². The van der Waals surface area contributed by atoms with E-state index in [2.05, 4.69) is 13.1 Å². The average molecular weight is 186 g/mol. The summed E-state index contributed by atoms with van der Waals surface area (Å²) < 4.78 is 5.58. The summed E-state index contributed by atoms with van der Waals surface area (Å²) in [4.78, 5) is 0. The zero-order valence-corrected chi connectivity index (χ0v) is 9.73. The maximum absolute atomic E-state index is 5.58. The first kappa shape index (κ1) is 10.3. The lowest BCUT2D eigenvalue weighted by atomic mass is 9.91. The summed E-state index contributed by atoms with van der Waals surface area (Å²) >= 11 is 0. The molecule has 0 aromatic carbocycles. The second-order valence-corrected chi connectivity index (χ2v) is 9.01. The second kappa shape index (κ2) is 4.42. The Kier molecular flexibility index (Phi) is 3.78. The lowest BCUT2D eigenvalue weighted by Gasteiger charge is -2.28. The topological polar surface area (TPSA) is 9.23 Å². The Morgan fingerprint density at radius 3 is 2.25 bits per heavy atom. The van der Waals surface area contributed by atoms with E-state index in [-0.39, 0.29) is 0 Å². The van der Waals surface area contributed by atoms with Crippen molar-refractivity contribution in [2.75, 3.05) is 7.11 Å². The molecule has 1 aliphatic rings. The Morgan fingerprint density at radius 1 is 1.17 bits per heavy atom. The summed E-state index contributed by atoms with van der Waals surface area (Å²) in [6.45, 7) is 4.67. The molecule has 2 heteroatoms. The van der Waals surface area contributed by atoms with E-state index in [4.69, 9.17) is 4.43 Å². The van der Waals surface area contributed by atoms with Crippen LogP contribution in [0.25, 0.3) is 0 Å². The van der Waals surface area contributed by atoms with Gasteiger partial charge in [0, 0.05) is 7.11 Å². The minimum atomic E-state index is -1.26. The first-order chi connectivity index (χ1) is 5.64. The molecule has 72 valence electrons. The van der Waals surface area contributed by atoms with E-state index in [1.54, 1.807) is 0 Å². The molecule has 0 N–H and O–H groups in total. The van der Waals surface area contributed by atoms with Crippen molar-refractivity contribution in [3.05, 3.63) is 0 Å². The van der Waals surface area contributed by atoms with Gasteiger partial charge in [0.1, 0.15) is 0 Å². The van der Waals surface area contributed by atoms with Crippen molar-refractivity contribution in [3.63, 3.8) is 0 Å². The van der Waals surface area contributed by atoms with E-state index < -0.39 is 8.32 Å². The van der Waals surface area contributed by atoms with Gasteiger partial charge in [-0.2, -0.15) is 0 Å². The number of hydrogen-bond donors (Lipinski definition) is 0. The Balaban J connectivity index is 2.28. The van der Waals surface area contributed by atoms with E-state index >= 15 is 0 Å². The van der Waals surface area contributed by atoms with Crippen LogP contribution in [0.3, 0.4) is 0 Å². The molecule has 0 heterocycles. The average Bonchev–Trinajstić information content (AvgIpc) is 2.06. The van der Waals surface area contributed by atoms with Gasteiger partial charge in [-0.3, -0.25) is 0 Å². The fourth-order valence-electron chi connectivity index (χ4n) is 2.17. The normalized spacial score (nSPS) is 21.2. The number of hydrogen-bond acceptors (Lipinski definition) is 1. The summed E-state index contributed by atoms with van der Waals surface area (Å²) in [6.07, 6.45) is 7.29. The van der Waals surface area contributed by atoms with Crippen LogP contribution < -0.4 is 0 Å². The zero-order valence-electron chi connectivity index (χ0n) is 8.73. The van der Waals surface area contributed by atoms with Crippen molar-refractivity contribution in [2.24, 2.45) is 5.92 Å². The highest BCUT2D eigenvalue weighted by Gasteiger charge is 2.26. The van der Waals surface area contributed by atoms with E-state index in [0.717, 1.165) is 5.92 Å². The quantitative estimate of drug-likeness (QED) is 0.614. The molecule has 0 saturated heterocycles. The largest absolute Gasteiger partial charge is 0.420 e. The van der Waals surface area contributed by atoms with E-state index in [1.807, 2.05) is 7.11 Å². The van der Waals surface area contributed by atoms with Crippen molar-refractivity contribution < 1.29 is 4.43 Å². The minimum absolute atomic E-state index is 0.986. The molecule has 1 rings (SSSR count). The molecule has 1 nitrogen and oxygen atoms in total. The highest BCUT2D eigenvalue weighted by molar-refractivity contribution is 6.71. The van der Waals surface area contributed by atoms with Gasteiger partial charge in [-0.25, -0.2) is 0 Å². The van der Waals surface area contributed by atoms with Gasteiger partial charge < -0.3 is 4.43 Å². The van der Waals surface area contributed by atoms with Crippen molar-refractivity contribution in [3.8, 4) is 0 Å². The maximum Gasteiger partial charge on any atom is 0.186 e. The monoisotopic (exact) mass is 186 g/mol. The molecule has 0 bridgehead atoms. The first-order valence-corrected chi connectivity index (χ1v) is 8.31. The summed E-state index contributed by atoms with van der Waals surface area (Å²) in [5.41, 5.74) is 0.